The Hall–Kier alpha value is -0.910. The Kier molecular flexibility index (Phi) is 8.62. The van der Waals surface area contributed by atoms with Gasteiger partial charge in [0.05, 0.1) is 18.0 Å². The molecule has 4 nitrogen and oxygen atoms in total. The highest BCUT2D eigenvalue weighted by atomic mass is 32.2. The van der Waals surface area contributed by atoms with Crippen LogP contribution in [-0.4, -0.2) is 26.1 Å². The molecule has 0 unspecified atom stereocenters. The van der Waals surface area contributed by atoms with Gasteiger partial charge in [-0.3, -0.25) is 0 Å². The molecule has 18 heavy (non-hydrogen) atoms. The van der Waals surface area contributed by atoms with Crippen LogP contribution >= 0.6 is 0 Å². The quantitative estimate of drug-likeness (QED) is 0.648. The summed E-state index contributed by atoms with van der Waals surface area (Å²) in [6.07, 6.45) is 2.61. The zero-order chi connectivity index (χ0) is 14.0. The van der Waals surface area contributed by atoms with Crippen LogP contribution in [0.15, 0.2) is 29.2 Å². The van der Waals surface area contributed by atoms with E-state index in [1.54, 1.807) is 12.1 Å². The summed E-state index contributed by atoms with van der Waals surface area (Å²) in [5.74, 6) is 0. The van der Waals surface area contributed by atoms with Crippen LogP contribution in [0.25, 0.3) is 0 Å². The van der Waals surface area contributed by atoms with Crippen molar-refractivity contribution in [2.45, 2.75) is 38.5 Å². The molecular weight excluding hydrogens is 250 g/mol. The standard InChI is InChI=1S/C7H8O3S.C6H15N/c1-6-2-4-7(5-3-6)11(8,9)10;1-3-5-7-6-4-2/h2-5H,1H3,(H,8,9,10);7H,3-6H2,1-2H3. The summed E-state index contributed by atoms with van der Waals surface area (Å²) < 4.78 is 31.2. The lowest BCUT2D eigenvalue weighted by Crippen LogP contribution is -2.84. The SMILES string of the molecule is CCC[NH2+]CCC.Cc1ccc(S(=O)(=O)[O-])cc1. The Bertz CT molecular complexity index is 408. The van der Waals surface area contributed by atoms with Crippen LogP contribution in [0.5, 0.6) is 0 Å². The number of rotatable bonds is 5. The van der Waals surface area contributed by atoms with E-state index in [1.807, 2.05) is 6.92 Å². The molecule has 0 saturated heterocycles. The summed E-state index contributed by atoms with van der Waals surface area (Å²) in [4.78, 5) is -0.178. The molecule has 1 rings (SSSR count). The van der Waals surface area contributed by atoms with Crippen LogP contribution in [0.2, 0.25) is 0 Å². The Morgan fingerprint density at radius 1 is 1.06 bits per heavy atom. The minimum Gasteiger partial charge on any atom is -0.744 e. The molecule has 0 aromatic heterocycles. The Morgan fingerprint density at radius 2 is 1.50 bits per heavy atom. The normalized spacial score (nSPS) is 10.7. The third-order valence-corrected chi connectivity index (χ3v) is 3.14. The van der Waals surface area contributed by atoms with Gasteiger partial charge in [-0.15, -0.1) is 0 Å². The van der Waals surface area contributed by atoms with Gasteiger partial charge in [0.25, 0.3) is 0 Å². The molecule has 0 saturated carbocycles. The van der Waals surface area contributed by atoms with Gasteiger partial charge in [-0.1, -0.05) is 31.5 Å². The summed E-state index contributed by atoms with van der Waals surface area (Å²) in [6, 6.07) is 5.78. The summed E-state index contributed by atoms with van der Waals surface area (Å²) in [5, 5.41) is 2.36. The first-order chi connectivity index (χ1) is 8.41. The predicted molar refractivity (Wildman–Crippen MR) is 71.4 cm³/mol. The van der Waals surface area contributed by atoms with E-state index in [0.717, 1.165) is 5.56 Å². The molecule has 0 radical (unpaired) electrons. The molecule has 0 heterocycles. The Morgan fingerprint density at radius 3 is 1.83 bits per heavy atom. The molecule has 104 valence electrons. The molecule has 0 fully saturated rings. The number of hydrogen-bond donors (Lipinski definition) is 1. The third-order valence-electron chi connectivity index (χ3n) is 2.30. The van der Waals surface area contributed by atoms with Crippen LogP contribution in [-0.2, 0) is 10.1 Å². The van der Waals surface area contributed by atoms with E-state index in [4.69, 9.17) is 0 Å². The number of benzene rings is 1. The van der Waals surface area contributed by atoms with E-state index >= 15 is 0 Å². The van der Waals surface area contributed by atoms with Crippen LogP contribution in [0.4, 0.5) is 0 Å². The first kappa shape index (κ1) is 17.1. The van der Waals surface area contributed by atoms with E-state index in [-0.39, 0.29) is 4.90 Å². The lowest BCUT2D eigenvalue weighted by Gasteiger charge is -2.05. The van der Waals surface area contributed by atoms with Crippen molar-refractivity contribution in [3.05, 3.63) is 29.8 Å². The molecule has 0 amide bonds. The number of hydrogen-bond acceptors (Lipinski definition) is 3. The van der Waals surface area contributed by atoms with Crippen LogP contribution in [0.3, 0.4) is 0 Å². The van der Waals surface area contributed by atoms with Gasteiger partial charge < -0.3 is 9.87 Å². The highest BCUT2D eigenvalue weighted by Gasteiger charge is 1.97. The van der Waals surface area contributed by atoms with Gasteiger partial charge in [0.1, 0.15) is 10.1 Å². The van der Waals surface area contributed by atoms with Gasteiger partial charge in [-0.25, -0.2) is 8.42 Å². The van der Waals surface area contributed by atoms with E-state index in [1.165, 1.54) is 38.1 Å². The maximum absolute atomic E-state index is 10.4. The fourth-order valence-electron chi connectivity index (χ4n) is 1.26. The van der Waals surface area contributed by atoms with E-state index in [9.17, 15) is 13.0 Å². The summed E-state index contributed by atoms with van der Waals surface area (Å²) >= 11 is 0. The summed E-state index contributed by atoms with van der Waals surface area (Å²) in [6.45, 7) is 8.85. The summed E-state index contributed by atoms with van der Waals surface area (Å²) in [7, 11) is -4.27. The fraction of sp³-hybridized carbons (Fsp3) is 0.538. The van der Waals surface area contributed by atoms with Crippen molar-refractivity contribution in [2.75, 3.05) is 13.1 Å². The molecule has 0 aliphatic heterocycles. The largest absolute Gasteiger partial charge is 0.744 e. The Labute approximate surface area is 110 Å². The van der Waals surface area contributed by atoms with Gasteiger partial charge >= 0.3 is 0 Å². The highest BCUT2D eigenvalue weighted by Crippen LogP contribution is 2.08. The highest BCUT2D eigenvalue weighted by molar-refractivity contribution is 7.85. The molecule has 0 aliphatic rings. The van der Waals surface area contributed by atoms with Crippen molar-refractivity contribution in [3.63, 3.8) is 0 Å². The van der Waals surface area contributed by atoms with Gasteiger partial charge in [0, 0.05) is 0 Å². The zero-order valence-electron chi connectivity index (χ0n) is 11.3. The van der Waals surface area contributed by atoms with E-state index in [0.29, 0.717) is 0 Å². The summed E-state index contributed by atoms with van der Waals surface area (Å²) in [5.41, 5.74) is 0.928. The molecule has 1 aromatic rings. The lowest BCUT2D eigenvalue weighted by atomic mass is 10.2. The molecule has 0 bridgehead atoms. The van der Waals surface area contributed by atoms with Gasteiger partial charge in [-0.05, 0) is 31.9 Å². The second kappa shape index (κ2) is 9.08. The minimum absolute atomic E-state index is 0.178. The van der Waals surface area contributed by atoms with E-state index < -0.39 is 10.1 Å². The Balaban J connectivity index is 0.000000360. The van der Waals surface area contributed by atoms with Crippen molar-refractivity contribution in [1.82, 2.24) is 0 Å². The number of quaternary nitrogens is 1. The molecule has 1 aromatic carbocycles. The maximum atomic E-state index is 10.4. The average Bonchev–Trinajstić information content (AvgIpc) is 2.30. The number of aryl methyl sites for hydroxylation is 1. The predicted octanol–water partition coefficient (Wildman–Crippen LogP) is 1.27. The molecule has 5 heteroatoms. The van der Waals surface area contributed by atoms with Crippen LogP contribution < -0.4 is 5.32 Å². The van der Waals surface area contributed by atoms with Crippen molar-refractivity contribution in [2.24, 2.45) is 0 Å². The smallest absolute Gasteiger partial charge is 0.124 e. The van der Waals surface area contributed by atoms with Gasteiger partial charge in [0.2, 0.25) is 0 Å². The molecule has 0 atom stereocenters. The van der Waals surface area contributed by atoms with Gasteiger partial charge in [0.15, 0.2) is 0 Å². The monoisotopic (exact) mass is 273 g/mol. The minimum atomic E-state index is -4.27. The first-order valence-electron chi connectivity index (χ1n) is 6.26. The molecular formula is C13H23NO3S. The second-order valence-electron chi connectivity index (χ2n) is 4.13. The van der Waals surface area contributed by atoms with Crippen LogP contribution in [0, 0.1) is 6.92 Å². The number of nitrogens with two attached hydrogens (primary N) is 1. The first-order valence-corrected chi connectivity index (χ1v) is 7.66. The van der Waals surface area contributed by atoms with Crippen molar-refractivity contribution < 1.29 is 18.3 Å². The zero-order valence-corrected chi connectivity index (χ0v) is 12.2. The van der Waals surface area contributed by atoms with Gasteiger partial charge in [-0.2, -0.15) is 0 Å². The molecule has 2 N–H and O–H groups in total. The maximum Gasteiger partial charge on any atom is 0.124 e. The topological polar surface area (TPSA) is 73.8 Å². The third kappa shape index (κ3) is 8.22. The van der Waals surface area contributed by atoms with E-state index in [2.05, 4.69) is 19.2 Å². The second-order valence-corrected chi connectivity index (χ2v) is 5.51. The van der Waals surface area contributed by atoms with Crippen molar-refractivity contribution in [3.8, 4) is 0 Å². The fourth-order valence-corrected chi connectivity index (χ4v) is 1.73. The average molecular weight is 273 g/mol. The van der Waals surface area contributed by atoms with Crippen molar-refractivity contribution in [1.29, 1.82) is 0 Å². The van der Waals surface area contributed by atoms with Crippen LogP contribution in [0.1, 0.15) is 32.3 Å². The van der Waals surface area contributed by atoms with Crippen molar-refractivity contribution >= 4 is 10.1 Å². The molecule has 0 spiro atoms. The lowest BCUT2D eigenvalue weighted by molar-refractivity contribution is -0.654. The molecule has 0 aliphatic carbocycles.